The molecule has 0 heterocycles. The summed E-state index contributed by atoms with van der Waals surface area (Å²) in [6.07, 6.45) is 2.38. The molecule has 4 aromatic rings. The Labute approximate surface area is 392 Å². The van der Waals surface area contributed by atoms with Crippen molar-refractivity contribution in [2.24, 2.45) is 10.8 Å². The monoisotopic (exact) mass is 1070 g/mol. The second-order valence-electron chi connectivity index (χ2n) is 19.7. The van der Waals surface area contributed by atoms with Crippen LogP contribution in [0, 0.1) is 43.5 Å². The van der Waals surface area contributed by atoms with Gasteiger partial charge in [-0.25, -0.2) is 8.78 Å². The average Bonchev–Trinajstić information content (AvgIpc) is 3.11. The van der Waals surface area contributed by atoms with Gasteiger partial charge in [0.2, 0.25) is 0 Å². The van der Waals surface area contributed by atoms with Gasteiger partial charge in [-0.1, -0.05) is 69.2 Å². The van der Waals surface area contributed by atoms with Crippen molar-refractivity contribution in [3.05, 3.63) is 89.6 Å². The number of hydrogen-bond acceptors (Lipinski definition) is 6. The third-order valence-corrected chi connectivity index (χ3v) is 12.0. The first-order valence-electron chi connectivity index (χ1n) is 21.3. The van der Waals surface area contributed by atoms with Crippen molar-refractivity contribution in [3.63, 3.8) is 0 Å². The summed E-state index contributed by atoms with van der Waals surface area (Å²) in [6.45, 7) is 31.7. The number of benzene rings is 4. The highest BCUT2D eigenvalue weighted by molar-refractivity contribution is 14.1. The molecule has 6 nitrogen and oxygen atoms in total. The molecule has 0 aliphatic rings. The summed E-state index contributed by atoms with van der Waals surface area (Å²) in [5.74, 6) is 1.65. The van der Waals surface area contributed by atoms with Gasteiger partial charge >= 0.3 is 0 Å². The molecule has 4 rings (SSSR count). The van der Waals surface area contributed by atoms with Gasteiger partial charge in [-0.05, 0) is 178 Å². The van der Waals surface area contributed by atoms with E-state index in [4.69, 9.17) is 28.4 Å². The largest absolute Gasteiger partial charge is 0.493 e. The van der Waals surface area contributed by atoms with Gasteiger partial charge in [0.1, 0.15) is 34.6 Å². The Balaban J connectivity index is 1.70. The molecule has 0 atom stereocenters. The Morgan fingerprint density at radius 1 is 0.475 bits per heavy atom. The van der Waals surface area contributed by atoms with Crippen molar-refractivity contribution in [3.8, 4) is 45.3 Å². The van der Waals surface area contributed by atoms with E-state index in [1.807, 2.05) is 27.7 Å². The van der Waals surface area contributed by atoms with E-state index < -0.39 is 0 Å². The number of rotatable bonds is 20. The third kappa shape index (κ3) is 14.2. The van der Waals surface area contributed by atoms with Gasteiger partial charge < -0.3 is 28.4 Å². The number of halogens is 4. The quantitative estimate of drug-likeness (QED) is 0.0499. The summed E-state index contributed by atoms with van der Waals surface area (Å²) in [4.78, 5) is 0. The van der Waals surface area contributed by atoms with Gasteiger partial charge in [-0.2, -0.15) is 0 Å². The van der Waals surface area contributed by atoms with Gasteiger partial charge in [0, 0.05) is 41.9 Å². The lowest BCUT2D eigenvalue weighted by Gasteiger charge is -2.34. The average molecular weight is 1070 g/mol. The lowest BCUT2D eigenvalue weighted by Crippen LogP contribution is -2.25. The fraction of sp³-hybridized carbons (Fsp3) is 0.529. The molecule has 0 bridgehead atoms. The Kier molecular flexibility index (Phi) is 17.8. The van der Waals surface area contributed by atoms with Crippen LogP contribution < -0.4 is 18.9 Å². The first-order chi connectivity index (χ1) is 28.4. The molecule has 0 unspecified atom stereocenters. The summed E-state index contributed by atoms with van der Waals surface area (Å²) >= 11 is 4.61. The Morgan fingerprint density at radius 2 is 0.820 bits per heavy atom. The summed E-state index contributed by atoms with van der Waals surface area (Å²) in [5.41, 5.74) is 6.11. The zero-order valence-corrected chi connectivity index (χ0v) is 43.3. The smallest absolute Gasteiger partial charge is 0.189 e. The topological polar surface area (TPSA) is 55.4 Å². The molecule has 4 aromatic carbocycles. The third-order valence-electron chi connectivity index (χ3n) is 10.4. The highest BCUT2D eigenvalue weighted by atomic mass is 127. The van der Waals surface area contributed by atoms with Crippen LogP contribution in [0.25, 0.3) is 22.3 Å². The van der Waals surface area contributed by atoms with Crippen molar-refractivity contribution in [2.45, 2.75) is 127 Å². The van der Waals surface area contributed by atoms with Crippen molar-refractivity contribution in [1.82, 2.24) is 0 Å². The minimum Gasteiger partial charge on any atom is -0.493 e. The van der Waals surface area contributed by atoms with Crippen LogP contribution in [0.1, 0.15) is 125 Å². The van der Waals surface area contributed by atoms with Gasteiger partial charge in [0.05, 0.1) is 20.4 Å². The van der Waals surface area contributed by atoms with Gasteiger partial charge in [0.15, 0.2) is 13.6 Å². The molecule has 0 N–H and O–H groups in total. The second-order valence-corrected chi connectivity index (χ2v) is 22.0. The molecule has 0 saturated heterocycles. The Morgan fingerprint density at radius 3 is 1.15 bits per heavy atom. The van der Waals surface area contributed by atoms with Crippen molar-refractivity contribution >= 4 is 45.2 Å². The van der Waals surface area contributed by atoms with E-state index in [0.29, 0.717) is 64.9 Å². The van der Waals surface area contributed by atoms with Crippen molar-refractivity contribution in [2.75, 3.05) is 40.0 Å². The maximum atomic E-state index is 15.4. The summed E-state index contributed by atoms with van der Waals surface area (Å²) in [5, 5.41) is 0. The summed E-state index contributed by atoms with van der Waals surface area (Å²) in [6, 6.07) is 14.6. The molecule has 0 aliphatic carbocycles. The highest BCUT2D eigenvalue weighted by Crippen LogP contribution is 2.48. The summed E-state index contributed by atoms with van der Waals surface area (Å²) < 4.78 is 69.4. The molecule has 0 aromatic heterocycles. The van der Waals surface area contributed by atoms with Gasteiger partial charge in [-0.15, -0.1) is 0 Å². The van der Waals surface area contributed by atoms with Crippen molar-refractivity contribution in [1.29, 1.82) is 0 Å². The van der Waals surface area contributed by atoms with E-state index in [2.05, 4.69) is 139 Å². The first kappa shape index (κ1) is 51.0. The van der Waals surface area contributed by atoms with Gasteiger partial charge in [-0.3, -0.25) is 0 Å². The number of ether oxygens (including phenoxy) is 6. The van der Waals surface area contributed by atoms with Crippen LogP contribution in [0.5, 0.6) is 23.0 Å². The lowest BCUT2D eigenvalue weighted by atomic mass is 9.72. The molecule has 10 heteroatoms. The van der Waals surface area contributed by atoms with E-state index in [9.17, 15) is 0 Å². The second kappa shape index (κ2) is 21.3. The predicted octanol–water partition coefficient (Wildman–Crippen LogP) is 15.1. The minimum absolute atomic E-state index is 0.0646. The molecule has 336 valence electrons. The molecule has 61 heavy (non-hydrogen) atoms. The maximum absolute atomic E-state index is 15.4. The van der Waals surface area contributed by atoms with E-state index in [-0.39, 0.29) is 60.1 Å². The van der Waals surface area contributed by atoms with Gasteiger partial charge in [0.25, 0.3) is 0 Å². The zero-order valence-electron chi connectivity index (χ0n) is 38.9. The fourth-order valence-electron chi connectivity index (χ4n) is 8.54. The zero-order chi connectivity index (χ0) is 45.5. The standard InChI is InChI=1S/C51H68F2I2O6/c1-15-56-30-60-46-38(22-34(24-42(46)54)50(11,12)28-48(5,6)7)40-26-36(52)20-32(3)44(40)58-18-17-19-59-45-33(4)21-37(53)27-41(45)39-23-35(51(13,14)29-49(8,9)10)25-43(55)47(39)61-31-57-16-2/h20-27H,15-19,28-31H2,1-14H3. The Bertz CT molecular complexity index is 1970. The van der Waals surface area contributed by atoms with Crippen LogP contribution in [0.4, 0.5) is 8.78 Å². The first-order valence-corrected chi connectivity index (χ1v) is 23.5. The Hall–Kier alpha value is -2.68. The molecule has 0 spiro atoms. The van der Waals surface area contributed by atoms with Crippen molar-refractivity contribution < 1.29 is 37.2 Å². The summed E-state index contributed by atoms with van der Waals surface area (Å²) in [7, 11) is 0. The molecule has 0 saturated carbocycles. The fourth-order valence-corrected chi connectivity index (χ4v) is 10.1. The number of hydrogen-bond donors (Lipinski definition) is 0. The van der Waals surface area contributed by atoms with Crippen LogP contribution in [0.3, 0.4) is 0 Å². The lowest BCUT2D eigenvalue weighted by molar-refractivity contribution is 0.0220. The van der Waals surface area contributed by atoms with Crippen LogP contribution in [-0.2, 0) is 20.3 Å². The molecular weight excluding hydrogens is 1000 g/mol. The molecule has 0 radical (unpaired) electrons. The van der Waals surface area contributed by atoms with E-state index in [1.165, 1.54) is 24.3 Å². The SMILES string of the molecule is CCOCOc1c(I)cc(C(C)(C)CC(C)(C)C)cc1-c1cc(F)cc(C)c1OCCCOc1c(C)cc(F)cc1-c1cc(C(C)(C)CC(C)(C)C)cc(I)c1OCOCC. The molecular formula is C51H68F2I2O6. The molecule has 0 aliphatic heterocycles. The maximum Gasteiger partial charge on any atom is 0.189 e. The van der Waals surface area contributed by atoms with Crippen LogP contribution >= 0.6 is 45.2 Å². The minimum atomic E-state index is -0.363. The van der Waals surface area contributed by atoms with E-state index in [1.54, 1.807) is 0 Å². The normalized spacial score (nSPS) is 12.5. The molecule has 0 amide bonds. The van der Waals surface area contributed by atoms with Crippen LogP contribution in [-0.4, -0.2) is 40.0 Å². The van der Waals surface area contributed by atoms with Crippen LogP contribution in [0.2, 0.25) is 0 Å². The van der Waals surface area contributed by atoms with E-state index in [0.717, 1.165) is 42.2 Å². The number of aryl methyl sites for hydroxylation is 2. The predicted molar refractivity (Wildman–Crippen MR) is 263 cm³/mol. The van der Waals surface area contributed by atoms with E-state index >= 15 is 8.78 Å². The van der Waals surface area contributed by atoms with Crippen LogP contribution in [0.15, 0.2) is 48.5 Å². The molecule has 0 fully saturated rings. The highest BCUT2D eigenvalue weighted by Gasteiger charge is 2.32.